The van der Waals surface area contributed by atoms with Crippen LogP contribution in [0, 0.1) is 18.3 Å². The quantitative estimate of drug-likeness (QED) is 0.303. The van der Waals surface area contributed by atoms with E-state index in [1.54, 1.807) is 24.3 Å². The molecule has 0 spiro atoms. The zero-order chi connectivity index (χ0) is 27.9. The molecule has 40 heavy (non-hydrogen) atoms. The minimum Gasteiger partial charge on any atom is -0.378 e. The van der Waals surface area contributed by atoms with Gasteiger partial charge in [0.2, 0.25) is 0 Å². The number of nitrogens with one attached hydrogen (secondary N) is 2. The maximum atomic E-state index is 13.1. The Morgan fingerprint density at radius 3 is 2.00 bits per heavy atom. The second kappa shape index (κ2) is 12.3. The summed E-state index contributed by atoms with van der Waals surface area (Å²) in [6.07, 6.45) is 0.334. The molecule has 0 unspecified atom stereocenters. The second-order valence-electron chi connectivity index (χ2n) is 9.69. The number of carbonyl (C=O) groups is 2. The lowest BCUT2D eigenvalue weighted by molar-refractivity contribution is 0.101. The molecule has 7 nitrogen and oxygen atoms in total. The van der Waals surface area contributed by atoms with Crippen molar-refractivity contribution in [3.05, 3.63) is 113 Å². The van der Waals surface area contributed by atoms with E-state index in [2.05, 4.69) is 21.6 Å². The van der Waals surface area contributed by atoms with Gasteiger partial charge in [0.05, 0.1) is 25.7 Å². The van der Waals surface area contributed by atoms with Gasteiger partial charge >= 0.3 is 0 Å². The van der Waals surface area contributed by atoms with Crippen LogP contribution in [-0.2, 0) is 11.2 Å². The molecule has 200 valence electrons. The summed E-state index contributed by atoms with van der Waals surface area (Å²) in [4.78, 5) is 28.1. The van der Waals surface area contributed by atoms with Crippen LogP contribution in [0.15, 0.2) is 91.0 Å². The Hall–Kier alpha value is -4.93. The average molecular weight is 531 g/mol. The van der Waals surface area contributed by atoms with Crippen molar-refractivity contribution in [3.63, 3.8) is 0 Å². The summed E-state index contributed by atoms with van der Waals surface area (Å²) >= 11 is 0. The number of ether oxygens (including phenoxy) is 1. The molecule has 0 aliphatic carbocycles. The van der Waals surface area contributed by atoms with E-state index in [9.17, 15) is 9.59 Å². The van der Waals surface area contributed by atoms with Crippen LogP contribution in [0.25, 0.3) is 11.1 Å². The summed E-state index contributed by atoms with van der Waals surface area (Å²) in [5.41, 5.74) is 7.37. The first-order valence-corrected chi connectivity index (χ1v) is 13.2. The smallest absolute Gasteiger partial charge is 0.255 e. The maximum absolute atomic E-state index is 13.1. The lowest BCUT2D eigenvalue weighted by Gasteiger charge is -2.28. The van der Waals surface area contributed by atoms with Crippen molar-refractivity contribution < 1.29 is 14.3 Å². The fraction of sp³-hybridized carbons (Fsp3) is 0.182. The van der Waals surface area contributed by atoms with Crippen molar-refractivity contribution in [2.75, 3.05) is 41.8 Å². The molecule has 7 heteroatoms. The number of hydrogen-bond acceptors (Lipinski definition) is 5. The van der Waals surface area contributed by atoms with Crippen molar-refractivity contribution in [1.82, 2.24) is 0 Å². The highest BCUT2D eigenvalue weighted by Gasteiger charge is 2.14. The Kier molecular flexibility index (Phi) is 8.19. The molecule has 1 aliphatic rings. The van der Waals surface area contributed by atoms with Gasteiger partial charge < -0.3 is 20.3 Å². The summed E-state index contributed by atoms with van der Waals surface area (Å²) in [6, 6.07) is 30.2. The van der Waals surface area contributed by atoms with Crippen LogP contribution in [0.3, 0.4) is 0 Å². The van der Waals surface area contributed by atoms with Gasteiger partial charge in [-0.15, -0.1) is 0 Å². The first kappa shape index (κ1) is 26.7. The van der Waals surface area contributed by atoms with Crippen molar-refractivity contribution >= 4 is 28.9 Å². The second-order valence-corrected chi connectivity index (χ2v) is 9.69. The SMILES string of the molecule is Cc1ccc(C(=O)Nc2ccc(N3CCOCC3)cc2)cc1-c1ccc(C(=O)Nc2ccc(CC#N)cc2)cc1. The number of benzene rings is 4. The monoisotopic (exact) mass is 530 g/mol. The molecule has 1 aliphatic heterocycles. The topological polar surface area (TPSA) is 94.5 Å². The molecule has 1 heterocycles. The number of rotatable bonds is 7. The number of anilines is 3. The normalized spacial score (nSPS) is 12.8. The zero-order valence-electron chi connectivity index (χ0n) is 22.3. The molecule has 5 rings (SSSR count). The van der Waals surface area contributed by atoms with E-state index >= 15 is 0 Å². The van der Waals surface area contributed by atoms with Gasteiger partial charge in [-0.2, -0.15) is 5.26 Å². The van der Waals surface area contributed by atoms with Crippen LogP contribution < -0.4 is 15.5 Å². The zero-order valence-corrected chi connectivity index (χ0v) is 22.3. The molecule has 0 atom stereocenters. The van der Waals surface area contributed by atoms with Crippen LogP contribution in [0.4, 0.5) is 17.1 Å². The summed E-state index contributed by atoms with van der Waals surface area (Å²) in [6.45, 7) is 5.17. The molecule has 4 aromatic carbocycles. The van der Waals surface area contributed by atoms with Crippen molar-refractivity contribution in [3.8, 4) is 17.2 Å². The standard InChI is InChI=1S/C33H30N4O3/c1-23-2-5-27(33(39)36-29-12-14-30(15-13-29)37-18-20-40-21-19-37)22-31(23)25-6-8-26(9-7-25)32(38)35-28-10-3-24(4-11-28)16-17-34/h2-15,22H,16,18-21H2,1H3,(H,35,38)(H,36,39). The highest BCUT2D eigenvalue weighted by Crippen LogP contribution is 2.26. The largest absolute Gasteiger partial charge is 0.378 e. The lowest BCUT2D eigenvalue weighted by Crippen LogP contribution is -2.36. The molecule has 0 saturated carbocycles. The first-order chi connectivity index (χ1) is 19.5. The predicted molar refractivity (Wildman–Crippen MR) is 158 cm³/mol. The Balaban J connectivity index is 1.25. The summed E-state index contributed by atoms with van der Waals surface area (Å²) in [5, 5.41) is 14.7. The summed E-state index contributed by atoms with van der Waals surface area (Å²) in [7, 11) is 0. The molecular weight excluding hydrogens is 500 g/mol. The fourth-order valence-electron chi connectivity index (χ4n) is 4.66. The number of amides is 2. The molecule has 2 N–H and O–H groups in total. The highest BCUT2D eigenvalue weighted by molar-refractivity contribution is 6.06. The number of hydrogen-bond donors (Lipinski definition) is 2. The molecular formula is C33H30N4O3. The molecule has 1 fully saturated rings. The van der Waals surface area contributed by atoms with E-state index < -0.39 is 0 Å². The van der Waals surface area contributed by atoms with Gasteiger partial charge in [-0.05, 0) is 89.8 Å². The van der Waals surface area contributed by atoms with Gasteiger partial charge in [-0.1, -0.05) is 30.3 Å². The van der Waals surface area contributed by atoms with Gasteiger partial charge in [-0.3, -0.25) is 9.59 Å². The summed E-state index contributed by atoms with van der Waals surface area (Å²) < 4.78 is 5.42. The van der Waals surface area contributed by atoms with E-state index in [0.717, 1.165) is 59.9 Å². The molecule has 4 aromatic rings. The van der Waals surface area contributed by atoms with E-state index in [1.165, 1.54) is 0 Å². The fourth-order valence-corrected chi connectivity index (χ4v) is 4.66. The van der Waals surface area contributed by atoms with E-state index in [1.807, 2.05) is 73.7 Å². The minimum atomic E-state index is -0.218. The molecule has 0 aromatic heterocycles. The van der Waals surface area contributed by atoms with Crippen molar-refractivity contribution in [1.29, 1.82) is 5.26 Å². The van der Waals surface area contributed by atoms with Crippen LogP contribution in [-0.4, -0.2) is 38.1 Å². The molecule has 1 saturated heterocycles. The van der Waals surface area contributed by atoms with E-state index in [-0.39, 0.29) is 11.8 Å². The Labute approximate surface area is 234 Å². The number of nitriles is 1. The van der Waals surface area contributed by atoms with Gasteiger partial charge in [-0.25, -0.2) is 0 Å². The molecule has 2 amide bonds. The molecule has 0 radical (unpaired) electrons. The Morgan fingerprint density at radius 2 is 1.38 bits per heavy atom. The highest BCUT2D eigenvalue weighted by atomic mass is 16.5. The third-order valence-corrected chi connectivity index (χ3v) is 6.95. The number of morpholine rings is 1. The van der Waals surface area contributed by atoms with Crippen LogP contribution in [0.2, 0.25) is 0 Å². The first-order valence-electron chi connectivity index (χ1n) is 13.2. The number of aryl methyl sites for hydroxylation is 1. The summed E-state index contributed by atoms with van der Waals surface area (Å²) in [5.74, 6) is -0.402. The van der Waals surface area contributed by atoms with Gasteiger partial charge in [0.25, 0.3) is 11.8 Å². The Bertz CT molecular complexity index is 1530. The maximum Gasteiger partial charge on any atom is 0.255 e. The predicted octanol–water partition coefficient (Wildman–Crippen LogP) is 6.07. The van der Waals surface area contributed by atoms with Crippen LogP contribution in [0.1, 0.15) is 31.8 Å². The van der Waals surface area contributed by atoms with Crippen LogP contribution >= 0.6 is 0 Å². The van der Waals surface area contributed by atoms with E-state index in [0.29, 0.717) is 23.2 Å². The lowest BCUT2D eigenvalue weighted by atomic mass is 9.97. The van der Waals surface area contributed by atoms with Gasteiger partial charge in [0, 0.05) is 41.3 Å². The van der Waals surface area contributed by atoms with Crippen molar-refractivity contribution in [2.45, 2.75) is 13.3 Å². The van der Waals surface area contributed by atoms with E-state index in [4.69, 9.17) is 10.00 Å². The number of carbonyl (C=O) groups excluding carboxylic acids is 2. The van der Waals surface area contributed by atoms with Crippen molar-refractivity contribution in [2.24, 2.45) is 0 Å². The third kappa shape index (κ3) is 6.37. The third-order valence-electron chi connectivity index (χ3n) is 6.95. The van der Waals surface area contributed by atoms with Crippen LogP contribution in [0.5, 0.6) is 0 Å². The number of nitrogens with zero attached hydrogens (tertiary/aromatic N) is 2. The molecule has 0 bridgehead atoms. The Morgan fingerprint density at radius 1 is 0.800 bits per heavy atom. The minimum absolute atomic E-state index is 0.183. The van der Waals surface area contributed by atoms with Gasteiger partial charge in [0.15, 0.2) is 0 Å². The van der Waals surface area contributed by atoms with Gasteiger partial charge in [0.1, 0.15) is 0 Å². The average Bonchev–Trinajstić information content (AvgIpc) is 2.99.